The summed E-state index contributed by atoms with van der Waals surface area (Å²) >= 11 is 3.17. The van der Waals surface area contributed by atoms with Gasteiger partial charge in [-0.05, 0) is 29.1 Å². The maximum Gasteiger partial charge on any atom is 0.269 e. The largest absolute Gasteiger partial charge is 0.269 e. The van der Waals surface area contributed by atoms with Gasteiger partial charge >= 0.3 is 0 Å². The van der Waals surface area contributed by atoms with E-state index in [1.807, 2.05) is 52.4 Å². The van der Waals surface area contributed by atoms with Crippen molar-refractivity contribution in [2.45, 2.75) is 10.9 Å². The van der Waals surface area contributed by atoms with Crippen LogP contribution in [0.25, 0.3) is 16.4 Å². The summed E-state index contributed by atoms with van der Waals surface area (Å²) < 4.78 is 2.04. The fraction of sp³-hybridized carbons (Fsp3) is 0.0526. The van der Waals surface area contributed by atoms with Gasteiger partial charge in [-0.25, -0.2) is 0 Å². The third-order valence-electron chi connectivity index (χ3n) is 3.90. The summed E-state index contributed by atoms with van der Waals surface area (Å²) in [5, 5.41) is 22.4. The molecule has 0 aliphatic heterocycles. The molecule has 2 aromatic heterocycles. The molecule has 0 bridgehead atoms. The van der Waals surface area contributed by atoms with Crippen molar-refractivity contribution in [3.63, 3.8) is 0 Å². The Morgan fingerprint density at radius 2 is 1.78 bits per heavy atom. The van der Waals surface area contributed by atoms with Crippen LogP contribution in [0, 0.1) is 10.1 Å². The van der Waals surface area contributed by atoms with Crippen molar-refractivity contribution < 1.29 is 4.92 Å². The molecule has 0 unspecified atom stereocenters. The van der Waals surface area contributed by atoms with E-state index in [-0.39, 0.29) is 5.69 Å². The second-order valence-corrected chi connectivity index (χ2v) is 7.56. The standard InChI is InChI=1S/C19H14N4O2S2/c24-23(25)16-10-8-14(9-11-16)13-27-19-21-20-18(17-7-4-12-26-17)22(19)15-5-2-1-3-6-15/h1-12H,13H2. The Bertz CT molecular complexity index is 1050. The highest BCUT2D eigenvalue weighted by molar-refractivity contribution is 7.98. The number of para-hydroxylation sites is 1. The zero-order chi connectivity index (χ0) is 18.6. The lowest BCUT2D eigenvalue weighted by atomic mass is 10.2. The Kier molecular flexibility index (Phi) is 4.99. The minimum Gasteiger partial charge on any atom is -0.269 e. The Hall–Kier alpha value is -2.97. The molecule has 0 saturated carbocycles. The van der Waals surface area contributed by atoms with E-state index in [4.69, 9.17) is 0 Å². The SMILES string of the molecule is O=[N+]([O-])c1ccc(CSc2nnc(-c3cccs3)n2-c2ccccc2)cc1. The molecule has 2 aromatic carbocycles. The van der Waals surface area contributed by atoms with Gasteiger partial charge in [-0.3, -0.25) is 14.7 Å². The van der Waals surface area contributed by atoms with Gasteiger partial charge in [0.15, 0.2) is 11.0 Å². The Labute approximate surface area is 163 Å². The smallest absolute Gasteiger partial charge is 0.269 e. The Balaban J connectivity index is 1.64. The third-order valence-corrected chi connectivity index (χ3v) is 5.77. The number of aromatic nitrogens is 3. The van der Waals surface area contributed by atoms with Crippen LogP contribution in [0.5, 0.6) is 0 Å². The maximum atomic E-state index is 10.8. The van der Waals surface area contributed by atoms with Crippen LogP contribution in [0.3, 0.4) is 0 Å². The van der Waals surface area contributed by atoms with Crippen LogP contribution in [-0.2, 0) is 5.75 Å². The highest BCUT2D eigenvalue weighted by Gasteiger charge is 2.17. The molecule has 6 nitrogen and oxygen atoms in total. The second-order valence-electron chi connectivity index (χ2n) is 5.67. The van der Waals surface area contributed by atoms with Crippen molar-refractivity contribution in [2.75, 3.05) is 0 Å². The van der Waals surface area contributed by atoms with Gasteiger partial charge in [-0.2, -0.15) is 0 Å². The van der Waals surface area contributed by atoms with Gasteiger partial charge in [0.2, 0.25) is 0 Å². The van der Waals surface area contributed by atoms with E-state index in [0.29, 0.717) is 5.75 Å². The number of thiophene rings is 1. The number of hydrogen-bond donors (Lipinski definition) is 0. The van der Waals surface area contributed by atoms with Crippen LogP contribution in [-0.4, -0.2) is 19.7 Å². The van der Waals surface area contributed by atoms with Crippen LogP contribution in [0.4, 0.5) is 5.69 Å². The molecular weight excluding hydrogens is 380 g/mol. The number of hydrogen-bond acceptors (Lipinski definition) is 6. The average molecular weight is 394 g/mol. The molecule has 0 spiro atoms. The van der Waals surface area contributed by atoms with Crippen LogP contribution < -0.4 is 0 Å². The molecule has 0 amide bonds. The van der Waals surface area contributed by atoms with E-state index >= 15 is 0 Å². The van der Waals surface area contributed by atoms with E-state index in [1.54, 1.807) is 35.2 Å². The number of nitrogens with zero attached hydrogens (tertiary/aromatic N) is 4. The van der Waals surface area contributed by atoms with E-state index in [2.05, 4.69) is 10.2 Å². The molecule has 0 aliphatic carbocycles. The minimum atomic E-state index is -0.393. The fourth-order valence-corrected chi connectivity index (χ4v) is 4.21. The van der Waals surface area contributed by atoms with Gasteiger partial charge < -0.3 is 0 Å². The lowest BCUT2D eigenvalue weighted by Gasteiger charge is -2.09. The van der Waals surface area contributed by atoms with Gasteiger partial charge in [0.25, 0.3) is 5.69 Å². The summed E-state index contributed by atoms with van der Waals surface area (Å²) in [5.41, 5.74) is 2.08. The second kappa shape index (κ2) is 7.73. The molecular formula is C19H14N4O2S2. The normalized spacial score (nSPS) is 10.8. The summed E-state index contributed by atoms with van der Waals surface area (Å²) in [5.74, 6) is 1.45. The number of nitro benzene ring substituents is 1. The number of non-ortho nitro benzene ring substituents is 1. The molecule has 0 atom stereocenters. The summed E-state index contributed by atoms with van der Waals surface area (Å²) in [6, 6.07) is 20.6. The Morgan fingerprint density at radius 3 is 2.44 bits per heavy atom. The quantitative estimate of drug-likeness (QED) is 0.255. The molecule has 134 valence electrons. The first-order chi connectivity index (χ1) is 13.2. The van der Waals surface area contributed by atoms with Gasteiger partial charge in [-0.15, -0.1) is 21.5 Å². The topological polar surface area (TPSA) is 73.8 Å². The van der Waals surface area contributed by atoms with Crippen molar-refractivity contribution in [2.24, 2.45) is 0 Å². The van der Waals surface area contributed by atoms with Gasteiger partial charge in [0.05, 0.1) is 9.80 Å². The van der Waals surface area contributed by atoms with Crippen LogP contribution in [0.1, 0.15) is 5.56 Å². The molecule has 0 aliphatic rings. The molecule has 2 heterocycles. The number of rotatable bonds is 6. The maximum absolute atomic E-state index is 10.8. The van der Waals surface area contributed by atoms with Crippen molar-refractivity contribution in [3.8, 4) is 16.4 Å². The molecule has 27 heavy (non-hydrogen) atoms. The minimum absolute atomic E-state index is 0.0937. The fourth-order valence-electron chi connectivity index (χ4n) is 2.60. The predicted molar refractivity (Wildman–Crippen MR) is 107 cm³/mol. The van der Waals surface area contributed by atoms with E-state index < -0.39 is 4.92 Å². The lowest BCUT2D eigenvalue weighted by Crippen LogP contribution is -1.98. The lowest BCUT2D eigenvalue weighted by molar-refractivity contribution is -0.384. The van der Waals surface area contributed by atoms with E-state index in [1.165, 1.54) is 12.1 Å². The molecule has 0 saturated heterocycles. The van der Waals surface area contributed by atoms with Crippen LogP contribution in [0.15, 0.2) is 77.3 Å². The zero-order valence-electron chi connectivity index (χ0n) is 14.1. The van der Waals surface area contributed by atoms with Gasteiger partial charge in [-0.1, -0.05) is 48.2 Å². The monoisotopic (exact) mass is 394 g/mol. The first kappa shape index (κ1) is 17.4. The molecule has 4 aromatic rings. The molecule has 8 heteroatoms. The third kappa shape index (κ3) is 3.76. The summed E-state index contributed by atoms with van der Waals surface area (Å²) in [4.78, 5) is 11.4. The number of nitro groups is 1. The van der Waals surface area contributed by atoms with Crippen LogP contribution >= 0.6 is 23.1 Å². The predicted octanol–water partition coefficient (Wildman–Crippen LogP) is 5.20. The van der Waals surface area contributed by atoms with Crippen molar-refractivity contribution in [3.05, 3.63) is 87.8 Å². The van der Waals surface area contributed by atoms with Crippen molar-refractivity contribution >= 4 is 28.8 Å². The Morgan fingerprint density at radius 1 is 1.00 bits per heavy atom. The number of benzene rings is 2. The molecule has 0 fully saturated rings. The van der Waals surface area contributed by atoms with Crippen molar-refractivity contribution in [1.82, 2.24) is 14.8 Å². The highest BCUT2D eigenvalue weighted by Crippen LogP contribution is 2.31. The zero-order valence-corrected chi connectivity index (χ0v) is 15.7. The molecule has 4 rings (SSSR count). The summed E-state index contributed by atoms with van der Waals surface area (Å²) in [6.07, 6.45) is 0. The van der Waals surface area contributed by atoms with E-state index in [0.717, 1.165) is 27.1 Å². The van der Waals surface area contributed by atoms with Gasteiger partial charge in [0.1, 0.15) is 0 Å². The molecule has 0 N–H and O–H groups in total. The highest BCUT2D eigenvalue weighted by atomic mass is 32.2. The first-order valence-electron chi connectivity index (χ1n) is 8.13. The number of thioether (sulfide) groups is 1. The first-order valence-corrected chi connectivity index (χ1v) is 10.00. The van der Waals surface area contributed by atoms with Crippen LogP contribution in [0.2, 0.25) is 0 Å². The summed E-state index contributed by atoms with van der Waals surface area (Å²) in [7, 11) is 0. The molecule has 0 radical (unpaired) electrons. The van der Waals surface area contributed by atoms with Crippen molar-refractivity contribution in [1.29, 1.82) is 0 Å². The van der Waals surface area contributed by atoms with Gasteiger partial charge in [0, 0.05) is 23.6 Å². The van der Waals surface area contributed by atoms with E-state index in [9.17, 15) is 10.1 Å². The average Bonchev–Trinajstić information content (AvgIpc) is 3.37. The summed E-state index contributed by atoms with van der Waals surface area (Å²) in [6.45, 7) is 0.